The van der Waals surface area contributed by atoms with Gasteiger partial charge in [-0.3, -0.25) is 9.58 Å². The average molecular weight is 273 g/mol. The molecular weight excluding hydrogens is 254 g/mol. The number of ether oxygens (including phenoxy) is 1. The first kappa shape index (κ1) is 12.1. The summed E-state index contributed by atoms with van der Waals surface area (Å²) in [5.41, 5.74) is 1.16. The van der Waals surface area contributed by atoms with E-state index in [1.54, 1.807) is 0 Å². The first-order valence-electron chi connectivity index (χ1n) is 7.22. The zero-order chi connectivity index (χ0) is 13.4. The molecule has 0 N–H and O–H groups in total. The van der Waals surface area contributed by atoms with E-state index in [4.69, 9.17) is 4.74 Å². The molecule has 0 amide bonds. The number of aromatic nitrogens is 4. The highest BCUT2D eigenvalue weighted by molar-refractivity contribution is 5.05. The van der Waals surface area contributed by atoms with Crippen LogP contribution in [0.15, 0.2) is 24.7 Å². The molecule has 0 aliphatic carbocycles. The zero-order valence-corrected chi connectivity index (χ0v) is 11.5. The summed E-state index contributed by atoms with van der Waals surface area (Å²) in [5.74, 6) is 1.06. The molecule has 1 saturated heterocycles. The van der Waals surface area contributed by atoms with Crippen LogP contribution < -0.4 is 0 Å². The molecule has 4 heterocycles. The lowest BCUT2D eigenvalue weighted by molar-refractivity contribution is 0.0816. The highest BCUT2D eigenvalue weighted by atomic mass is 16.5. The standard InChI is InChI=1S/C14H19N5O/c1-3-15-19(4-1)13-2-5-17(10-13)8-12-9-18-6-7-20-11-14(18)16-12/h1,3-4,9,13H,2,5-8,10-11H2. The van der Waals surface area contributed by atoms with Crippen molar-refractivity contribution in [3.8, 4) is 0 Å². The Morgan fingerprint density at radius 1 is 1.35 bits per heavy atom. The van der Waals surface area contributed by atoms with E-state index >= 15 is 0 Å². The number of rotatable bonds is 3. The van der Waals surface area contributed by atoms with Crippen LogP contribution in [0.25, 0.3) is 0 Å². The van der Waals surface area contributed by atoms with Gasteiger partial charge in [-0.15, -0.1) is 0 Å². The second-order valence-electron chi connectivity index (χ2n) is 5.56. The molecule has 0 aromatic carbocycles. The first-order chi connectivity index (χ1) is 9.88. The quantitative estimate of drug-likeness (QED) is 0.839. The molecule has 2 aliphatic rings. The summed E-state index contributed by atoms with van der Waals surface area (Å²) in [5, 5.41) is 4.35. The van der Waals surface area contributed by atoms with E-state index in [0.29, 0.717) is 12.6 Å². The van der Waals surface area contributed by atoms with E-state index < -0.39 is 0 Å². The molecule has 2 aromatic heterocycles. The third-order valence-electron chi connectivity index (χ3n) is 4.15. The Morgan fingerprint density at radius 2 is 2.35 bits per heavy atom. The minimum atomic E-state index is 0.505. The van der Waals surface area contributed by atoms with Crippen LogP contribution in [0.5, 0.6) is 0 Å². The summed E-state index contributed by atoms with van der Waals surface area (Å²) in [6.07, 6.45) is 7.25. The fraction of sp³-hybridized carbons (Fsp3) is 0.571. The van der Waals surface area contributed by atoms with Crippen molar-refractivity contribution in [2.24, 2.45) is 0 Å². The van der Waals surface area contributed by atoms with Crippen molar-refractivity contribution >= 4 is 0 Å². The van der Waals surface area contributed by atoms with Crippen molar-refractivity contribution in [3.05, 3.63) is 36.2 Å². The van der Waals surface area contributed by atoms with Crippen molar-refractivity contribution < 1.29 is 4.74 Å². The molecule has 1 atom stereocenters. The van der Waals surface area contributed by atoms with Crippen molar-refractivity contribution in [1.29, 1.82) is 0 Å². The van der Waals surface area contributed by atoms with Gasteiger partial charge in [-0.05, 0) is 12.5 Å². The first-order valence-corrected chi connectivity index (χ1v) is 7.22. The van der Waals surface area contributed by atoms with Crippen molar-refractivity contribution in [2.45, 2.75) is 32.2 Å². The van der Waals surface area contributed by atoms with Crippen molar-refractivity contribution in [1.82, 2.24) is 24.2 Å². The number of nitrogens with zero attached hydrogens (tertiary/aromatic N) is 5. The smallest absolute Gasteiger partial charge is 0.135 e. The lowest BCUT2D eigenvalue weighted by atomic mass is 10.3. The molecule has 20 heavy (non-hydrogen) atoms. The second-order valence-corrected chi connectivity index (χ2v) is 5.56. The van der Waals surface area contributed by atoms with Gasteiger partial charge in [0.05, 0.1) is 18.3 Å². The Labute approximate surface area is 118 Å². The molecule has 0 saturated carbocycles. The van der Waals surface area contributed by atoms with Crippen LogP contribution in [0.2, 0.25) is 0 Å². The van der Waals surface area contributed by atoms with Crippen LogP contribution in [-0.4, -0.2) is 43.9 Å². The zero-order valence-electron chi connectivity index (χ0n) is 11.5. The Bertz CT molecular complexity index is 553. The predicted octanol–water partition coefficient (Wildman–Crippen LogP) is 1.06. The lowest BCUT2D eigenvalue weighted by Gasteiger charge is -2.14. The van der Waals surface area contributed by atoms with E-state index in [2.05, 4.69) is 36.6 Å². The summed E-state index contributed by atoms with van der Waals surface area (Å²) in [6, 6.07) is 2.50. The Morgan fingerprint density at radius 3 is 3.20 bits per heavy atom. The number of imidazole rings is 1. The van der Waals surface area contributed by atoms with Crippen LogP contribution in [0.4, 0.5) is 0 Å². The van der Waals surface area contributed by atoms with Gasteiger partial charge >= 0.3 is 0 Å². The third kappa shape index (κ3) is 2.25. The Hall–Kier alpha value is -1.66. The van der Waals surface area contributed by atoms with Crippen molar-refractivity contribution in [3.63, 3.8) is 0 Å². The highest BCUT2D eigenvalue weighted by Gasteiger charge is 2.25. The van der Waals surface area contributed by atoms with E-state index in [1.165, 1.54) is 6.42 Å². The normalized spacial score (nSPS) is 23.1. The average Bonchev–Trinajstić information content (AvgIpc) is 3.18. The van der Waals surface area contributed by atoms with Gasteiger partial charge in [-0.1, -0.05) is 0 Å². The van der Waals surface area contributed by atoms with Crippen LogP contribution in [0.1, 0.15) is 24.0 Å². The monoisotopic (exact) mass is 273 g/mol. The maximum absolute atomic E-state index is 5.44. The summed E-state index contributed by atoms with van der Waals surface area (Å²) in [4.78, 5) is 7.14. The summed E-state index contributed by atoms with van der Waals surface area (Å²) in [6.45, 7) is 5.48. The number of likely N-dealkylation sites (tertiary alicyclic amines) is 1. The molecule has 6 heteroatoms. The summed E-state index contributed by atoms with van der Waals surface area (Å²) < 4.78 is 9.73. The molecule has 2 aromatic rings. The molecule has 106 valence electrons. The Kier molecular flexibility index (Phi) is 3.05. The van der Waals surface area contributed by atoms with Crippen LogP contribution in [-0.2, 0) is 24.4 Å². The fourth-order valence-electron chi connectivity index (χ4n) is 3.12. The summed E-state index contributed by atoms with van der Waals surface area (Å²) in [7, 11) is 0. The number of fused-ring (bicyclic) bond motifs is 1. The van der Waals surface area contributed by atoms with Crippen LogP contribution in [0.3, 0.4) is 0 Å². The molecular formula is C14H19N5O. The molecule has 4 rings (SSSR count). The molecule has 2 aliphatic heterocycles. The van der Waals surface area contributed by atoms with Gasteiger partial charge in [0.15, 0.2) is 0 Å². The molecule has 1 unspecified atom stereocenters. The third-order valence-corrected chi connectivity index (χ3v) is 4.15. The Balaban J connectivity index is 1.41. The maximum Gasteiger partial charge on any atom is 0.135 e. The van der Waals surface area contributed by atoms with Gasteiger partial charge in [0.1, 0.15) is 12.4 Å². The molecule has 1 fully saturated rings. The largest absolute Gasteiger partial charge is 0.372 e. The minimum absolute atomic E-state index is 0.505. The van der Waals surface area contributed by atoms with E-state index in [0.717, 1.165) is 44.3 Å². The van der Waals surface area contributed by atoms with Crippen LogP contribution >= 0.6 is 0 Å². The predicted molar refractivity (Wildman–Crippen MR) is 73.0 cm³/mol. The van der Waals surface area contributed by atoms with Crippen molar-refractivity contribution in [2.75, 3.05) is 19.7 Å². The van der Waals surface area contributed by atoms with Gasteiger partial charge in [-0.25, -0.2) is 4.98 Å². The molecule has 0 bridgehead atoms. The minimum Gasteiger partial charge on any atom is -0.372 e. The van der Waals surface area contributed by atoms with Gasteiger partial charge in [0.2, 0.25) is 0 Å². The lowest BCUT2D eigenvalue weighted by Crippen LogP contribution is -2.21. The van der Waals surface area contributed by atoms with E-state index in [-0.39, 0.29) is 0 Å². The second kappa shape index (κ2) is 5.03. The fourth-order valence-corrected chi connectivity index (χ4v) is 3.12. The topological polar surface area (TPSA) is 48.1 Å². The molecule has 0 spiro atoms. The van der Waals surface area contributed by atoms with Gasteiger partial charge in [0.25, 0.3) is 0 Å². The summed E-state index contributed by atoms with van der Waals surface area (Å²) >= 11 is 0. The number of hydrogen-bond donors (Lipinski definition) is 0. The van der Waals surface area contributed by atoms with Gasteiger partial charge < -0.3 is 9.30 Å². The van der Waals surface area contributed by atoms with E-state index in [9.17, 15) is 0 Å². The van der Waals surface area contributed by atoms with Gasteiger partial charge in [0, 0.05) is 44.8 Å². The maximum atomic E-state index is 5.44. The SMILES string of the molecule is c1cnn(C2CCN(Cc3cn4c(n3)COCC4)C2)c1. The van der Waals surface area contributed by atoms with Gasteiger partial charge in [-0.2, -0.15) is 5.10 Å². The molecule has 0 radical (unpaired) electrons. The highest BCUT2D eigenvalue weighted by Crippen LogP contribution is 2.22. The number of hydrogen-bond acceptors (Lipinski definition) is 4. The van der Waals surface area contributed by atoms with Crippen LogP contribution in [0, 0.1) is 0 Å². The molecule has 6 nitrogen and oxygen atoms in total. The van der Waals surface area contributed by atoms with E-state index in [1.807, 2.05) is 12.3 Å².